The Morgan fingerprint density at radius 2 is 1.00 bits per heavy atom. The molecule has 0 saturated carbocycles. The van der Waals surface area contributed by atoms with Gasteiger partial charge >= 0.3 is 0 Å². The molecule has 0 amide bonds. The molecule has 0 aromatic heterocycles. The highest BCUT2D eigenvalue weighted by atomic mass is 34.0. The maximum atomic E-state index is 2.21. The van der Waals surface area contributed by atoms with Gasteiger partial charge in [0.05, 0.1) is 11.1 Å². The van der Waals surface area contributed by atoms with Crippen LogP contribution in [0.3, 0.4) is 0 Å². The molecule has 3 aliphatic rings. The molecule has 0 aromatic carbocycles. The van der Waals surface area contributed by atoms with Gasteiger partial charge in [0.15, 0.2) is 0 Å². The fraction of sp³-hybridized carbons (Fsp3) is 0. The minimum atomic E-state index is 0.505. The quantitative estimate of drug-likeness (QED) is 0.493. The summed E-state index contributed by atoms with van der Waals surface area (Å²) in [5.41, 5.74) is 1.01. The van der Waals surface area contributed by atoms with E-state index in [0.717, 1.165) is 0 Å². The first-order valence-corrected chi connectivity index (χ1v) is 9.86. The number of hydrogen-bond acceptors (Lipinski definition) is 3. The second-order valence-electron chi connectivity index (χ2n) is 0.692. The predicted octanol–water partition coefficient (Wildman–Crippen LogP) is 3.67. The first kappa shape index (κ1) is 3.86. The minimum Gasteiger partial charge on any atom is -0.0605 e. The molecule has 0 atom stereocenters. The first-order valence-electron chi connectivity index (χ1n) is 1.10. The van der Waals surface area contributed by atoms with E-state index in [1.54, 1.807) is 0 Å². The lowest BCUT2D eigenvalue weighted by atomic mass is 29.0. The van der Waals surface area contributed by atoms with Crippen molar-refractivity contribution in [2.45, 2.75) is 0 Å². The van der Waals surface area contributed by atoms with E-state index in [1.807, 2.05) is 0 Å². The van der Waals surface area contributed by atoms with Crippen LogP contribution in [0.15, 0.2) is 0 Å². The van der Waals surface area contributed by atoms with E-state index in [-0.39, 0.29) is 0 Å². The summed E-state index contributed by atoms with van der Waals surface area (Å²) in [5.74, 6) is 0. The molecule has 0 unspecified atom stereocenters. The molecule has 3 heterocycles. The molecule has 5 heavy (non-hydrogen) atoms. The zero-order valence-electron chi connectivity index (χ0n) is 2.12. The third-order valence-corrected chi connectivity index (χ3v) is 32.4. The van der Waals surface area contributed by atoms with Gasteiger partial charge in [-0.2, -0.15) is 0 Å². The second kappa shape index (κ2) is 1.20. The molecule has 3 aliphatic heterocycles. The van der Waals surface area contributed by atoms with Crippen LogP contribution < -0.4 is 0 Å². The fourth-order valence-corrected chi connectivity index (χ4v) is 27.9. The smallest absolute Gasteiger partial charge is 0.0605 e. The van der Waals surface area contributed by atoms with Crippen molar-refractivity contribution in [2.24, 2.45) is 0 Å². The maximum Gasteiger partial charge on any atom is 0.0908 e. The summed E-state index contributed by atoms with van der Waals surface area (Å²) in [4.78, 5) is 0. The van der Waals surface area contributed by atoms with E-state index in [1.165, 1.54) is 0 Å². The molecular weight excluding hydrogens is 158 g/mol. The van der Waals surface area contributed by atoms with Crippen molar-refractivity contribution < 1.29 is 0 Å². The lowest BCUT2D eigenvalue weighted by Crippen LogP contribution is -1.70. The van der Waals surface area contributed by atoms with Crippen molar-refractivity contribution in [1.82, 2.24) is 0 Å². The van der Waals surface area contributed by atoms with Crippen LogP contribution in [0.1, 0.15) is 0 Å². The number of rotatable bonds is 0. The Bertz CT molecular complexity index is 41.6. The Hall–Kier alpha value is 1.91. The van der Waals surface area contributed by atoms with Crippen molar-refractivity contribution in [2.75, 3.05) is 0 Å². The third kappa shape index (κ3) is 0.467. The van der Waals surface area contributed by atoms with Gasteiger partial charge in [-0.05, 0) is 0 Å². The van der Waals surface area contributed by atoms with Crippen molar-refractivity contribution in [3.05, 3.63) is 0 Å². The summed E-state index contributed by atoms with van der Waals surface area (Å²) in [7, 11) is 0. The summed E-state index contributed by atoms with van der Waals surface area (Å²) in [6.07, 6.45) is 0. The third-order valence-electron chi connectivity index (χ3n) is 0.400. The Morgan fingerprint density at radius 3 is 1.00 bits per heavy atom. The van der Waals surface area contributed by atoms with Gasteiger partial charge in [0.1, 0.15) is 0 Å². The molecular formula is P2S3. The molecule has 3 rings (SSSR count). The van der Waals surface area contributed by atoms with Gasteiger partial charge in [-0.1, -0.05) is 33.0 Å². The van der Waals surface area contributed by atoms with Gasteiger partial charge in [-0.25, -0.2) is 0 Å². The van der Waals surface area contributed by atoms with Crippen LogP contribution in [-0.4, -0.2) is 0 Å². The van der Waals surface area contributed by atoms with E-state index in [2.05, 4.69) is 33.0 Å². The molecule has 3 fully saturated rings. The van der Waals surface area contributed by atoms with Crippen molar-refractivity contribution in [3.8, 4) is 0 Å². The zero-order valence-corrected chi connectivity index (χ0v) is 6.36. The Balaban J connectivity index is 2.19. The van der Waals surface area contributed by atoms with E-state index in [9.17, 15) is 0 Å². The van der Waals surface area contributed by atoms with Crippen LogP contribution in [0.4, 0.5) is 0 Å². The van der Waals surface area contributed by atoms with Crippen LogP contribution in [-0.2, 0) is 0 Å². The average molecular weight is 158 g/mol. The SMILES string of the molecule is S1P2SP1S2. The lowest BCUT2D eigenvalue weighted by Gasteiger charge is -2.43. The molecule has 0 spiro atoms. The monoisotopic (exact) mass is 158 g/mol. The van der Waals surface area contributed by atoms with Gasteiger partial charge in [0.2, 0.25) is 0 Å². The molecule has 0 aromatic rings. The van der Waals surface area contributed by atoms with Gasteiger partial charge in [0.25, 0.3) is 0 Å². The Labute approximate surface area is 44.2 Å². The van der Waals surface area contributed by atoms with E-state index >= 15 is 0 Å². The van der Waals surface area contributed by atoms with Crippen LogP contribution in [0, 0.1) is 0 Å². The van der Waals surface area contributed by atoms with Gasteiger partial charge < -0.3 is 0 Å². The topological polar surface area (TPSA) is 0 Å². The van der Waals surface area contributed by atoms with Crippen molar-refractivity contribution >= 4 is 44.1 Å². The largest absolute Gasteiger partial charge is 0.0908 e. The standard InChI is InChI=1S/P2S3/c3-1-4-2(3)5-1. The molecule has 2 bridgehead atoms. The highest BCUT2D eigenvalue weighted by Crippen LogP contribution is 3.21. The molecule has 0 N–H and O–H groups in total. The molecule has 0 aliphatic carbocycles. The molecule has 0 nitrogen and oxygen atoms in total. The van der Waals surface area contributed by atoms with E-state index < -0.39 is 0 Å². The highest BCUT2D eigenvalue weighted by molar-refractivity contribution is 9.73. The lowest BCUT2D eigenvalue weighted by molar-refractivity contribution is 4.78. The normalized spacial score (nSPS) is 57.6. The molecule has 0 radical (unpaired) electrons. The second-order valence-corrected chi connectivity index (χ2v) is 18.7. The van der Waals surface area contributed by atoms with Crippen LogP contribution >= 0.6 is 44.1 Å². The van der Waals surface area contributed by atoms with Crippen LogP contribution in [0.2, 0.25) is 0 Å². The molecule has 28 valence electrons. The summed E-state index contributed by atoms with van der Waals surface area (Å²) >= 11 is 6.64. The molecule has 5 heteroatoms. The maximum absolute atomic E-state index is 2.21. The number of hydrogen-bond donors (Lipinski definition) is 0. The van der Waals surface area contributed by atoms with Crippen molar-refractivity contribution in [1.29, 1.82) is 0 Å². The summed E-state index contributed by atoms with van der Waals surface area (Å²) < 4.78 is 0. The Morgan fingerprint density at radius 1 is 0.800 bits per heavy atom. The predicted molar refractivity (Wildman–Crippen MR) is 36.6 cm³/mol. The summed E-state index contributed by atoms with van der Waals surface area (Å²) in [5, 5.41) is 0. The van der Waals surface area contributed by atoms with Crippen LogP contribution in [0.5, 0.6) is 0 Å². The summed E-state index contributed by atoms with van der Waals surface area (Å²) in [6.45, 7) is 0. The minimum absolute atomic E-state index is 0.505. The van der Waals surface area contributed by atoms with Gasteiger partial charge in [0, 0.05) is 0 Å². The highest BCUT2D eigenvalue weighted by Gasteiger charge is 2.47. The fourth-order valence-electron chi connectivity index (χ4n) is 0.182. The van der Waals surface area contributed by atoms with Crippen molar-refractivity contribution in [3.63, 3.8) is 0 Å². The summed E-state index contributed by atoms with van der Waals surface area (Å²) in [6, 6.07) is 0. The van der Waals surface area contributed by atoms with Crippen LogP contribution in [0.25, 0.3) is 0 Å². The Kier molecular flexibility index (Phi) is 0.923. The average Bonchev–Trinajstić information content (AvgIpc) is 0.592. The zero-order chi connectivity index (χ0) is 3.28. The van der Waals surface area contributed by atoms with E-state index in [0.29, 0.717) is 11.1 Å². The van der Waals surface area contributed by atoms with Gasteiger partial charge in [-0.15, -0.1) is 0 Å². The molecule has 3 saturated heterocycles. The van der Waals surface area contributed by atoms with E-state index in [4.69, 9.17) is 0 Å². The van der Waals surface area contributed by atoms with Gasteiger partial charge in [-0.3, -0.25) is 0 Å². The first-order chi connectivity index (χ1) is 2.45.